The van der Waals surface area contributed by atoms with Crippen LogP contribution in [0, 0.1) is 11.8 Å². The first-order valence-corrected chi connectivity index (χ1v) is 5.88. The molecule has 1 fully saturated rings. The van der Waals surface area contributed by atoms with Gasteiger partial charge in [0, 0.05) is 13.1 Å². The second-order valence-corrected chi connectivity index (χ2v) is 5.10. The summed E-state index contributed by atoms with van der Waals surface area (Å²) < 4.78 is 5.34. The summed E-state index contributed by atoms with van der Waals surface area (Å²) in [6.07, 6.45) is 1.36. The lowest BCUT2D eigenvalue weighted by atomic mass is 9.92. The number of amides is 1. The van der Waals surface area contributed by atoms with Crippen LogP contribution in [-0.4, -0.2) is 36.6 Å². The molecule has 1 aliphatic heterocycles. The number of hydrogen-bond acceptors (Lipinski definition) is 2. The van der Waals surface area contributed by atoms with E-state index in [-0.39, 0.29) is 18.6 Å². The van der Waals surface area contributed by atoms with E-state index in [1.807, 2.05) is 18.7 Å². The molecule has 0 radical (unpaired) electrons. The Labute approximate surface area is 92.8 Å². The zero-order chi connectivity index (χ0) is 11.4. The Hall–Kier alpha value is -0.570. The molecule has 1 aliphatic rings. The molecule has 1 heterocycles. The fourth-order valence-electron chi connectivity index (χ4n) is 2.20. The Kier molecular flexibility index (Phi) is 4.58. The largest absolute Gasteiger partial charge is 0.369 e. The highest BCUT2D eigenvalue weighted by molar-refractivity contribution is 5.77. The van der Waals surface area contributed by atoms with Gasteiger partial charge in [-0.3, -0.25) is 4.79 Å². The molecule has 0 aliphatic carbocycles. The number of carbonyl (C=O) groups excluding carboxylic acids is 1. The average molecular weight is 213 g/mol. The van der Waals surface area contributed by atoms with E-state index in [2.05, 4.69) is 13.8 Å². The Morgan fingerprint density at radius 2 is 1.87 bits per heavy atom. The zero-order valence-electron chi connectivity index (χ0n) is 10.3. The second-order valence-electron chi connectivity index (χ2n) is 5.10. The van der Waals surface area contributed by atoms with Crippen molar-refractivity contribution >= 4 is 5.91 Å². The highest BCUT2D eigenvalue weighted by Gasteiger charge is 2.25. The summed E-state index contributed by atoms with van der Waals surface area (Å²) >= 11 is 0. The van der Waals surface area contributed by atoms with Gasteiger partial charge in [-0.2, -0.15) is 0 Å². The molecule has 0 bridgehead atoms. The second kappa shape index (κ2) is 5.50. The van der Waals surface area contributed by atoms with E-state index in [9.17, 15) is 4.79 Å². The first-order chi connectivity index (χ1) is 6.99. The third-order valence-corrected chi connectivity index (χ3v) is 2.76. The Morgan fingerprint density at radius 3 is 2.33 bits per heavy atom. The van der Waals surface area contributed by atoms with E-state index in [0.29, 0.717) is 11.8 Å². The van der Waals surface area contributed by atoms with Crippen LogP contribution in [0.25, 0.3) is 0 Å². The number of ether oxygens (including phenoxy) is 1. The molecule has 0 spiro atoms. The van der Waals surface area contributed by atoms with E-state index >= 15 is 0 Å². The quantitative estimate of drug-likeness (QED) is 0.717. The van der Waals surface area contributed by atoms with Gasteiger partial charge in [-0.05, 0) is 32.1 Å². The van der Waals surface area contributed by atoms with Crippen LogP contribution in [0.5, 0.6) is 0 Å². The maximum absolute atomic E-state index is 11.8. The Morgan fingerprint density at radius 1 is 1.33 bits per heavy atom. The molecule has 2 atom stereocenters. The predicted octanol–water partition coefficient (Wildman–Crippen LogP) is 1.92. The first kappa shape index (κ1) is 12.5. The molecule has 0 N–H and O–H groups in total. The van der Waals surface area contributed by atoms with Crippen LogP contribution in [0.1, 0.15) is 34.1 Å². The van der Waals surface area contributed by atoms with Gasteiger partial charge < -0.3 is 9.64 Å². The zero-order valence-corrected chi connectivity index (χ0v) is 10.3. The number of rotatable bonds is 3. The third kappa shape index (κ3) is 4.20. The lowest BCUT2D eigenvalue weighted by molar-refractivity contribution is -0.140. The highest BCUT2D eigenvalue weighted by atomic mass is 16.5. The molecular formula is C12H23NO2. The van der Waals surface area contributed by atoms with Crippen LogP contribution in [0.4, 0.5) is 0 Å². The molecule has 0 aromatic carbocycles. The SMILES string of the molecule is CC1CC(C)CN(C(=O)COC(C)C)C1. The molecule has 3 heteroatoms. The molecular weight excluding hydrogens is 190 g/mol. The summed E-state index contributed by atoms with van der Waals surface area (Å²) in [6.45, 7) is 10.3. The van der Waals surface area contributed by atoms with Gasteiger partial charge in [0.2, 0.25) is 5.91 Å². The van der Waals surface area contributed by atoms with Gasteiger partial charge in [0.1, 0.15) is 6.61 Å². The number of hydrogen-bond donors (Lipinski definition) is 0. The minimum absolute atomic E-state index is 0.133. The monoisotopic (exact) mass is 213 g/mol. The maximum atomic E-state index is 11.8. The summed E-state index contributed by atoms with van der Waals surface area (Å²) in [7, 11) is 0. The van der Waals surface area contributed by atoms with Crippen molar-refractivity contribution in [2.75, 3.05) is 19.7 Å². The van der Waals surface area contributed by atoms with Crippen molar-refractivity contribution in [3.8, 4) is 0 Å². The molecule has 0 aromatic rings. The molecule has 15 heavy (non-hydrogen) atoms. The van der Waals surface area contributed by atoms with Crippen LogP contribution < -0.4 is 0 Å². The summed E-state index contributed by atoms with van der Waals surface area (Å²) in [5, 5.41) is 0. The molecule has 0 saturated carbocycles. The van der Waals surface area contributed by atoms with Crippen LogP contribution in [0.15, 0.2) is 0 Å². The molecule has 0 aromatic heterocycles. The summed E-state index contributed by atoms with van der Waals surface area (Å²) in [5.41, 5.74) is 0. The lowest BCUT2D eigenvalue weighted by Crippen LogP contribution is -2.44. The van der Waals surface area contributed by atoms with E-state index < -0.39 is 0 Å². The van der Waals surface area contributed by atoms with Gasteiger partial charge in [-0.1, -0.05) is 13.8 Å². The summed E-state index contributed by atoms with van der Waals surface area (Å²) in [6, 6.07) is 0. The van der Waals surface area contributed by atoms with Crippen molar-refractivity contribution in [2.24, 2.45) is 11.8 Å². The summed E-state index contributed by atoms with van der Waals surface area (Å²) in [4.78, 5) is 13.7. The van der Waals surface area contributed by atoms with Crippen LogP contribution in [-0.2, 0) is 9.53 Å². The van der Waals surface area contributed by atoms with Crippen molar-refractivity contribution in [3.05, 3.63) is 0 Å². The standard InChI is InChI=1S/C12H23NO2/c1-9(2)15-8-12(14)13-6-10(3)5-11(4)7-13/h9-11H,5-8H2,1-4H3. The van der Waals surface area contributed by atoms with Gasteiger partial charge in [-0.15, -0.1) is 0 Å². The van der Waals surface area contributed by atoms with E-state index in [4.69, 9.17) is 4.74 Å². The first-order valence-electron chi connectivity index (χ1n) is 5.88. The number of likely N-dealkylation sites (tertiary alicyclic amines) is 1. The number of nitrogens with zero attached hydrogens (tertiary/aromatic N) is 1. The van der Waals surface area contributed by atoms with Gasteiger partial charge in [0.15, 0.2) is 0 Å². The lowest BCUT2D eigenvalue weighted by Gasteiger charge is -2.35. The molecule has 1 rings (SSSR count). The van der Waals surface area contributed by atoms with E-state index in [1.165, 1.54) is 6.42 Å². The van der Waals surface area contributed by atoms with Gasteiger partial charge in [0.25, 0.3) is 0 Å². The van der Waals surface area contributed by atoms with Crippen molar-refractivity contribution in [2.45, 2.75) is 40.2 Å². The van der Waals surface area contributed by atoms with E-state index in [0.717, 1.165) is 13.1 Å². The number of carbonyl (C=O) groups is 1. The molecule has 1 saturated heterocycles. The van der Waals surface area contributed by atoms with Crippen LogP contribution >= 0.6 is 0 Å². The summed E-state index contributed by atoms with van der Waals surface area (Å²) in [5.74, 6) is 1.38. The maximum Gasteiger partial charge on any atom is 0.248 e. The smallest absolute Gasteiger partial charge is 0.248 e. The minimum atomic E-state index is 0.133. The molecule has 2 unspecified atom stereocenters. The average Bonchev–Trinajstić information content (AvgIpc) is 2.12. The van der Waals surface area contributed by atoms with Crippen molar-refractivity contribution in [1.82, 2.24) is 4.90 Å². The van der Waals surface area contributed by atoms with Crippen LogP contribution in [0.2, 0.25) is 0 Å². The van der Waals surface area contributed by atoms with Crippen molar-refractivity contribution in [1.29, 1.82) is 0 Å². The molecule has 88 valence electrons. The fraction of sp³-hybridized carbons (Fsp3) is 0.917. The van der Waals surface area contributed by atoms with Gasteiger partial charge in [0.05, 0.1) is 6.10 Å². The normalized spacial score (nSPS) is 27.1. The Bertz CT molecular complexity index is 206. The van der Waals surface area contributed by atoms with E-state index in [1.54, 1.807) is 0 Å². The third-order valence-electron chi connectivity index (χ3n) is 2.76. The molecule has 3 nitrogen and oxygen atoms in total. The number of piperidine rings is 1. The fourth-order valence-corrected chi connectivity index (χ4v) is 2.20. The molecule has 1 amide bonds. The van der Waals surface area contributed by atoms with Gasteiger partial charge >= 0.3 is 0 Å². The van der Waals surface area contributed by atoms with Crippen molar-refractivity contribution < 1.29 is 9.53 Å². The predicted molar refractivity (Wildman–Crippen MR) is 60.6 cm³/mol. The van der Waals surface area contributed by atoms with Crippen molar-refractivity contribution in [3.63, 3.8) is 0 Å². The van der Waals surface area contributed by atoms with Crippen LogP contribution in [0.3, 0.4) is 0 Å². The Balaban J connectivity index is 2.38. The topological polar surface area (TPSA) is 29.5 Å². The minimum Gasteiger partial charge on any atom is -0.369 e. The van der Waals surface area contributed by atoms with Gasteiger partial charge in [-0.25, -0.2) is 0 Å². The highest BCUT2D eigenvalue weighted by Crippen LogP contribution is 2.20.